The van der Waals surface area contributed by atoms with E-state index in [4.69, 9.17) is 4.74 Å². The molecule has 4 aromatic rings. The lowest BCUT2D eigenvalue weighted by Crippen LogP contribution is -2.05. The van der Waals surface area contributed by atoms with Crippen molar-refractivity contribution in [3.8, 4) is 11.6 Å². The van der Waals surface area contributed by atoms with Crippen LogP contribution in [0.5, 0.6) is 11.6 Å². The summed E-state index contributed by atoms with van der Waals surface area (Å²) < 4.78 is 43.2. The smallest absolute Gasteiger partial charge is 0.417 e. The summed E-state index contributed by atoms with van der Waals surface area (Å²) in [5.74, 6) is 0.611. The molecule has 2 aromatic heterocycles. The number of halogens is 3. The van der Waals surface area contributed by atoms with E-state index in [9.17, 15) is 13.2 Å². The Hall–Kier alpha value is -3.02. The molecule has 2 heterocycles. The van der Waals surface area contributed by atoms with Gasteiger partial charge in [-0.15, -0.1) is 0 Å². The van der Waals surface area contributed by atoms with Gasteiger partial charge in [0.2, 0.25) is 5.88 Å². The number of nitrogens with one attached hydrogen (secondary N) is 1. The van der Waals surface area contributed by atoms with E-state index in [0.29, 0.717) is 5.75 Å². The first-order chi connectivity index (χ1) is 11.5. The Bertz CT molecular complexity index is 1020. The van der Waals surface area contributed by atoms with Crippen LogP contribution in [0.3, 0.4) is 0 Å². The lowest BCUT2D eigenvalue weighted by molar-refractivity contribution is -0.137. The Morgan fingerprint density at radius 3 is 2.42 bits per heavy atom. The molecule has 0 spiro atoms. The number of aromatic amines is 1. The van der Waals surface area contributed by atoms with Crippen molar-refractivity contribution in [2.24, 2.45) is 0 Å². The van der Waals surface area contributed by atoms with Gasteiger partial charge in [-0.2, -0.15) is 13.2 Å². The molecule has 3 nitrogen and oxygen atoms in total. The summed E-state index contributed by atoms with van der Waals surface area (Å²) in [5.41, 5.74) is 1.10. The first kappa shape index (κ1) is 14.6. The molecular weight excluding hydrogens is 317 g/mol. The van der Waals surface area contributed by atoms with Crippen molar-refractivity contribution in [2.45, 2.75) is 6.18 Å². The van der Waals surface area contributed by atoms with Crippen LogP contribution in [0, 0.1) is 0 Å². The maximum Gasteiger partial charge on any atom is 0.417 e. The zero-order chi connectivity index (χ0) is 16.7. The van der Waals surface area contributed by atoms with Crippen molar-refractivity contribution in [3.05, 3.63) is 66.4 Å². The van der Waals surface area contributed by atoms with Gasteiger partial charge in [-0.05, 0) is 24.3 Å². The highest BCUT2D eigenvalue weighted by Gasteiger charge is 2.30. The number of benzene rings is 2. The number of ether oxygens (including phenoxy) is 1. The molecule has 0 amide bonds. The van der Waals surface area contributed by atoms with Gasteiger partial charge >= 0.3 is 6.18 Å². The normalized spacial score (nSPS) is 12.0. The number of hydrogen-bond donors (Lipinski definition) is 1. The number of para-hydroxylation sites is 1. The molecule has 0 aliphatic heterocycles. The van der Waals surface area contributed by atoms with Gasteiger partial charge in [0.25, 0.3) is 0 Å². The van der Waals surface area contributed by atoms with Crippen molar-refractivity contribution in [1.82, 2.24) is 9.97 Å². The van der Waals surface area contributed by atoms with Crippen LogP contribution in [0.2, 0.25) is 0 Å². The van der Waals surface area contributed by atoms with E-state index in [2.05, 4.69) is 9.97 Å². The monoisotopic (exact) mass is 328 g/mol. The molecular formula is C18H11F3N2O. The molecule has 1 N–H and O–H groups in total. The van der Waals surface area contributed by atoms with Gasteiger partial charge < -0.3 is 9.72 Å². The lowest BCUT2D eigenvalue weighted by Gasteiger charge is -2.08. The third-order valence-electron chi connectivity index (χ3n) is 3.76. The molecule has 0 atom stereocenters. The summed E-state index contributed by atoms with van der Waals surface area (Å²) in [6.45, 7) is 0. The van der Waals surface area contributed by atoms with Crippen LogP contribution in [0.25, 0.3) is 21.8 Å². The molecule has 2 aromatic carbocycles. The molecule has 0 radical (unpaired) electrons. The van der Waals surface area contributed by atoms with Crippen LogP contribution >= 0.6 is 0 Å². The second-order valence-corrected chi connectivity index (χ2v) is 5.36. The summed E-state index contributed by atoms with van der Waals surface area (Å²) in [4.78, 5) is 6.99. The number of H-pyrrole nitrogens is 1. The molecule has 0 saturated carbocycles. The van der Waals surface area contributed by atoms with Crippen molar-refractivity contribution >= 4 is 21.8 Å². The highest BCUT2D eigenvalue weighted by Crippen LogP contribution is 2.32. The third kappa shape index (κ3) is 2.56. The SMILES string of the molecule is FC(F)(F)c1ccc(Oc2ccc3c(c2)[nH]c2ccccc23)nc1. The van der Waals surface area contributed by atoms with Crippen molar-refractivity contribution < 1.29 is 17.9 Å². The largest absolute Gasteiger partial charge is 0.439 e. The molecule has 0 aliphatic carbocycles. The predicted molar refractivity (Wildman–Crippen MR) is 85.1 cm³/mol. The number of rotatable bonds is 2. The summed E-state index contributed by atoms with van der Waals surface area (Å²) >= 11 is 0. The van der Waals surface area contributed by atoms with Crippen molar-refractivity contribution in [2.75, 3.05) is 0 Å². The van der Waals surface area contributed by atoms with Gasteiger partial charge in [0, 0.05) is 34.6 Å². The fraction of sp³-hybridized carbons (Fsp3) is 0.0556. The van der Waals surface area contributed by atoms with E-state index in [1.54, 1.807) is 12.1 Å². The Morgan fingerprint density at radius 1 is 0.875 bits per heavy atom. The minimum atomic E-state index is -4.41. The zero-order valence-electron chi connectivity index (χ0n) is 12.3. The Morgan fingerprint density at radius 2 is 1.67 bits per heavy atom. The van der Waals surface area contributed by atoms with Crippen LogP contribution in [-0.4, -0.2) is 9.97 Å². The van der Waals surface area contributed by atoms with Gasteiger partial charge in [0.15, 0.2) is 0 Å². The maximum absolute atomic E-state index is 12.5. The number of fused-ring (bicyclic) bond motifs is 3. The maximum atomic E-state index is 12.5. The Kier molecular flexibility index (Phi) is 3.19. The van der Waals surface area contributed by atoms with E-state index in [-0.39, 0.29) is 5.88 Å². The van der Waals surface area contributed by atoms with Crippen LogP contribution in [0.15, 0.2) is 60.8 Å². The third-order valence-corrected chi connectivity index (χ3v) is 3.76. The Labute approximate surface area is 134 Å². The number of alkyl halides is 3. The second kappa shape index (κ2) is 5.26. The fourth-order valence-electron chi connectivity index (χ4n) is 2.63. The summed E-state index contributed by atoms with van der Waals surface area (Å²) in [6.07, 6.45) is -3.65. The van der Waals surface area contributed by atoms with Crippen molar-refractivity contribution in [1.29, 1.82) is 0 Å². The molecule has 0 bridgehead atoms. The minimum absolute atomic E-state index is 0.110. The Balaban J connectivity index is 1.66. The van der Waals surface area contributed by atoms with E-state index < -0.39 is 11.7 Å². The highest BCUT2D eigenvalue weighted by atomic mass is 19.4. The van der Waals surface area contributed by atoms with Crippen molar-refractivity contribution in [3.63, 3.8) is 0 Å². The van der Waals surface area contributed by atoms with E-state index in [1.165, 1.54) is 6.07 Å². The first-order valence-corrected chi connectivity index (χ1v) is 7.22. The quantitative estimate of drug-likeness (QED) is 0.525. The number of aromatic nitrogens is 2. The van der Waals surface area contributed by atoms with Gasteiger partial charge in [-0.3, -0.25) is 0 Å². The second-order valence-electron chi connectivity index (χ2n) is 5.36. The van der Waals surface area contributed by atoms with Crippen LogP contribution in [-0.2, 0) is 6.18 Å². The number of nitrogens with zero attached hydrogens (tertiary/aromatic N) is 1. The topological polar surface area (TPSA) is 37.9 Å². The van der Waals surface area contributed by atoms with E-state index >= 15 is 0 Å². The minimum Gasteiger partial charge on any atom is -0.439 e. The number of hydrogen-bond acceptors (Lipinski definition) is 2. The molecule has 120 valence electrons. The van der Waals surface area contributed by atoms with Crippen LogP contribution < -0.4 is 4.74 Å². The molecule has 0 fully saturated rings. The van der Waals surface area contributed by atoms with E-state index in [1.807, 2.05) is 30.3 Å². The highest BCUT2D eigenvalue weighted by molar-refractivity contribution is 6.07. The van der Waals surface area contributed by atoms with Gasteiger partial charge in [-0.25, -0.2) is 4.98 Å². The molecule has 6 heteroatoms. The molecule has 0 saturated heterocycles. The number of pyridine rings is 1. The van der Waals surface area contributed by atoms with Crippen LogP contribution in [0.1, 0.15) is 5.56 Å². The fourth-order valence-corrected chi connectivity index (χ4v) is 2.63. The van der Waals surface area contributed by atoms with Gasteiger partial charge in [0.1, 0.15) is 5.75 Å². The zero-order valence-corrected chi connectivity index (χ0v) is 12.3. The molecule has 0 unspecified atom stereocenters. The summed E-state index contributed by atoms with van der Waals surface area (Å²) in [6, 6.07) is 15.5. The standard InChI is InChI=1S/C18H11F3N2O/c19-18(20,21)11-5-8-17(22-10-11)24-12-6-7-14-13-3-1-2-4-15(13)23-16(14)9-12/h1-10,23H. The molecule has 0 aliphatic rings. The molecule has 4 rings (SSSR count). The van der Waals surface area contributed by atoms with E-state index in [0.717, 1.165) is 34.1 Å². The summed E-state index contributed by atoms with van der Waals surface area (Å²) in [5, 5.41) is 2.16. The molecule has 24 heavy (non-hydrogen) atoms. The van der Waals surface area contributed by atoms with Crippen LogP contribution in [0.4, 0.5) is 13.2 Å². The first-order valence-electron chi connectivity index (χ1n) is 7.22. The lowest BCUT2D eigenvalue weighted by atomic mass is 10.1. The average Bonchev–Trinajstić information content (AvgIpc) is 2.92. The van der Waals surface area contributed by atoms with Gasteiger partial charge in [-0.1, -0.05) is 18.2 Å². The average molecular weight is 328 g/mol. The summed E-state index contributed by atoms with van der Waals surface area (Å²) in [7, 11) is 0. The van der Waals surface area contributed by atoms with Gasteiger partial charge in [0.05, 0.1) is 11.1 Å². The predicted octanol–water partition coefficient (Wildman–Crippen LogP) is 5.53.